The zero-order valence-electron chi connectivity index (χ0n) is 12.7. The lowest BCUT2D eigenvalue weighted by Crippen LogP contribution is -2.14. The van der Waals surface area contributed by atoms with Crippen LogP contribution in [0.25, 0.3) is 0 Å². The number of hydrogen-bond acceptors (Lipinski definition) is 0. The monoisotopic (exact) mass is 254 g/mol. The third kappa shape index (κ3) is 9.60. The quantitative estimate of drug-likeness (QED) is 0.377. The molecule has 0 fully saturated rings. The van der Waals surface area contributed by atoms with Crippen molar-refractivity contribution in [1.29, 1.82) is 0 Å². The van der Waals surface area contributed by atoms with Crippen LogP contribution in [0.4, 0.5) is 0 Å². The van der Waals surface area contributed by atoms with Crippen LogP contribution in [-0.2, 0) is 0 Å². The molecule has 1 atom stereocenters. The van der Waals surface area contributed by atoms with Crippen LogP contribution in [0.2, 0.25) is 0 Å². The molecule has 0 heterocycles. The van der Waals surface area contributed by atoms with Crippen molar-refractivity contribution in [3.8, 4) is 0 Å². The predicted octanol–water partition coefficient (Wildman–Crippen LogP) is 5.84. The second-order valence-corrected chi connectivity index (χ2v) is 8.37. The summed E-state index contributed by atoms with van der Waals surface area (Å²) in [5.41, 5.74) is 2.07. The van der Waals surface area contributed by atoms with Crippen molar-refractivity contribution in [3.63, 3.8) is 0 Å². The van der Waals surface area contributed by atoms with Gasteiger partial charge in [0.25, 0.3) is 0 Å². The Morgan fingerprint density at radius 3 is 2.47 bits per heavy atom. The molecule has 0 aromatic carbocycles. The molecule has 0 nitrogen and oxygen atoms in total. The van der Waals surface area contributed by atoms with Gasteiger partial charge in [-0.25, -0.2) is 0 Å². The fraction of sp³-hybridized carbons (Fsp3) is 0.750. The minimum Gasteiger partial charge on any atom is -0.109 e. The van der Waals surface area contributed by atoms with Gasteiger partial charge in [-0.3, -0.25) is 0 Å². The van der Waals surface area contributed by atoms with Crippen molar-refractivity contribution in [2.45, 2.75) is 53.9 Å². The van der Waals surface area contributed by atoms with Crippen molar-refractivity contribution in [2.24, 2.45) is 5.41 Å². The van der Waals surface area contributed by atoms with Crippen molar-refractivity contribution in [1.82, 2.24) is 0 Å². The van der Waals surface area contributed by atoms with Crippen molar-refractivity contribution in [2.75, 3.05) is 19.0 Å². The zero-order valence-corrected chi connectivity index (χ0v) is 13.6. The van der Waals surface area contributed by atoms with E-state index in [0.29, 0.717) is 5.41 Å². The molecule has 0 N–H and O–H groups in total. The van der Waals surface area contributed by atoms with Crippen LogP contribution in [0.15, 0.2) is 23.8 Å². The molecule has 1 heteroatoms. The van der Waals surface area contributed by atoms with E-state index in [4.69, 9.17) is 0 Å². The normalized spacial score (nSPS) is 15.5. The third-order valence-electron chi connectivity index (χ3n) is 3.34. The number of hydrogen-bond donors (Lipinski definition) is 0. The largest absolute Gasteiger partial charge is 0.109 e. The first-order valence-corrected chi connectivity index (χ1v) is 9.04. The topological polar surface area (TPSA) is 0 Å². The lowest BCUT2D eigenvalue weighted by Gasteiger charge is -2.27. The van der Waals surface area contributed by atoms with Crippen molar-refractivity contribution >= 4 is 7.92 Å². The van der Waals surface area contributed by atoms with E-state index in [1.54, 1.807) is 0 Å². The summed E-state index contributed by atoms with van der Waals surface area (Å²) in [5, 5.41) is 0. The van der Waals surface area contributed by atoms with E-state index in [9.17, 15) is 0 Å². The van der Waals surface area contributed by atoms with E-state index in [0.717, 1.165) is 0 Å². The highest BCUT2D eigenvalue weighted by molar-refractivity contribution is 7.56. The second kappa shape index (κ2) is 8.92. The molecule has 0 saturated heterocycles. The van der Waals surface area contributed by atoms with E-state index >= 15 is 0 Å². The van der Waals surface area contributed by atoms with Gasteiger partial charge < -0.3 is 0 Å². The van der Waals surface area contributed by atoms with Crippen LogP contribution < -0.4 is 0 Å². The lowest BCUT2D eigenvalue weighted by atomic mass is 9.93. The Morgan fingerprint density at radius 2 is 1.94 bits per heavy atom. The van der Waals surface area contributed by atoms with Crippen LogP contribution in [0.1, 0.15) is 53.9 Å². The molecule has 0 aliphatic carbocycles. The molecule has 0 aliphatic heterocycles. The van der Waals surface area contributed by atoms with Gasteiger partial charge in [0.05, 0.1) is 0 Å². The molecule has 0 rings (SSSR count). The van der Waals surface area contributed by atoms with E-state index in [2.05, 4.69) is 59.5 Å². The molecule has 0 aromatic heterocycles. The molecule has 0 radical (unpaired) electrons. The van der Waals surface area contributed by atoms with Crippen LogP contribution in [0.5, 0.6) is 0 Å². The fourth-order valence-corrected chi connectivity index (χ4v) is 4.43. The molecule has 0 amide bonds. The minimum atomic E-state index is 0.237. The van der Waals surface area contributed by atoms with Crippen LogP contribution in [0.3, 0.4) is 0 Å². The molecule has 0 aliphatic rings. The van der Waals surface area contributed by atoms with Gasteiger partial charge in [-0.15, -0.1) is 7.92 Å². The van der Waals surface area contributed by atoms with Crippen LogP contribution in [-0.4, -0.2) is 19.0 Å². The summed E-state index contributed by atoms with van der Waals surface area (Å²) in [6, 6.07) is 0. The van der Waals surface area contributed by atoms with Crippen molar-refractivity contribution in [3.05, 3.63) is 23.8 Å². The Morgan fingerprint density at radius 1 is 1.29 bits per heavy atom. The van der Waals surface area contributed by atoms with Gasteiger partial charge in [0.2, 0.25) is 0 Å². The first-order valence-electron chi connectivity index (χ1n) is 6.88. The van der Waals surface area contributed by atoms with Gasteiger partial charge in [0.15, 0.2) is 0 Å². The number of allylic oxidation sites excluding steroid dienone is 4. The maximum absolute atomic E-state index is 2.47. The summed E-state index contributed by atoms with van der Waals surface area (Å²) < 4.78 is 0. The first kappa shape index (κ1) is 16.9. The van der Waals surface area contributed by atoms with E-state index < -0.39 is 0 Å². The van der Waals surface area contributed by atoms with Gasteiger partial charge >= 0.3 is 0 Å². The Kier molecular flexibility index (Phi) is 8.88. The molecule has 0 aromatic rings. The van der Waals surface area contributed by atoms with Gasteiger partial charge in [-0.05, 0) is 51.1 Å². The highest BCUT2D eigenvalue weighted by Gasteiger charge is 2.18. The number of rotatable bonds is 8. The average molecular weight is 254 g/mol. The summed E-state index contributed by atoms with van der Waals surface area (Å²) >= 11 is 0. The highest BCUT2D eigenvalue weighted by Crippen LogP contribution is 2.40. The Labute approximate surface area is 110 Å². The maximum atomic E-state index is 2.47. The summed E-state index contributed by atoms with van der Waals surface area (Å²) in [4.78, 5) is 0. The third-order valence-corrected chi connectivity index (χ3v) is 5.81. The summed E-state index contributed by atoms with van der Waals surface area (Å²) in [7, 11) is 0.237. The first-order chi connectivity index (χ1) is 7.91. The molecule has 0 saturated carbocycles. The maximum Gasteiger partial charge on any atom is -0.0277 e. The SMILES string of the molecule is C/C=C\C=C(\C)CCCP(C)CC(C)(C)CC. The molecule has 100 valence electrons. The van der Waals surface area contributed by atoms with Crippen molar-refractivity contribution < 1.29 is 0 Å². The minimum absolute atomic E-state index is 0.237. The average Bonchev–Trinajstić information content (AvgIpc) is 2.25. The standard InChI is InChI=1S/C16H31P/c1-7-9-11-15(3)12-10-13-17(6)14-16(4,5)8-2/h7,9,11H,8,10,12-14H2,1-6H3/b9-7-,15-11-. The van der Waals surface area contributed by atoms with Gasteiger partial charge in [0.1, 0.15) is 0 Å². The Hall–Kier alpha value is -0.0900. The molecular weight excluding hydrogens is 223 g/mol. The molecular formula is C16H31P. The van der Waals surface area contributed by atoms with Crippen LogP contribution in [0, 0.1) is 5.41 Å². The Balaban J connectivity index is 3.82. The summed E-state index contributed by atoms with van der Waals surface area (Å²) in [6.45, 7) is 13.9. The molecule has 0 bridgehead atoms. The van der Waals surface area contributed by atoms with Gasteiger partial charge in [0, 0.05) is 0 Å². The lowest BCUT2D eigenvalue weighted by molar-refractivity contribution is 0.405. The van der Waals surface area contributed by atoms with Gasteiger partial charge in [-0.2, -0.15) is 0 Å². The predicted molar refractivity (Wildman–Crippen MR) is 84.5 cm³/mol. The van der Waals surface area contributed by atoms with E-state index in [1.807, 2.05) is 0 Å². The smallest absolute Gasteiger partial charge is 0.0277 e. The molecule has 17 heavy (non-hydrogen) atoms. The van der Waals surface area contributed by atoms with E-state index in [1.165, 1.54) is 37.2 Å². The zero-order chi connectivity index (χ0) is 13.3. The Bertz CT molecular complexity index is 248. The summed E-state index contributed by atoms with van der Waals surface area (Å²) in [5.74, 6) is 0. The van der Waals surface area contributed by atoms with E-state index in [-0.39, 0.29) is 7.92 Å². The molecule has 1 unspecified atom stereocenters. The fourth-order valence-electron chi connectivity index (χ4n) is 1.89. The highest BCUT2D eigenvalue weighted by atomic mass is 31.1. The van der Waals surface area contributed by atoms with Gasteiger partial charge in [-0.1, -0.05) is 51.0 Å². The molecule has 0 spiro atoms. The van der Waals surface area contributed by atoms with Crippen LogP contribution >= 0.6 is 7.92 Å². The second-order valence-electron chi connectivity index (χ2n) is 5.90. The summed E-state index contributed by atoms with van der Waals surface area (Å²) in [6.07, 6.45) is 13.3.